The highest BCUT2D eigenvalue weighted by atomic mass is 16.5. The second-order valence-corrected chi connectivity index (χ2v) is 7.26. The van der Waals surface area contributed by atoms with E-state index in [-0.39, 0.29) is 11.6 Å². The predicted molar refractivity (Wildman–Crippen MR) is 116 cm³/mol. The van der Waals surface area contributed by atoms with Gasteiger partial charge in [-0.1, -0.05) is 29.4 Å². The molecule has 0 radical (unpaired) electrons. The number of nitrogens with zero attached hydrogens (tertiary/aromatic N) is 6. The third-order valence-electron chi connectivity index (χ3n) is 4.93. The number of carbonyl (C=O) groups excluding carboxylic acids is 1. The zero-order chi connectivity index (χ0) is 22.8. The average Bonchev–Trinajstić information content (AvgIpc) is 3.44. The number of hydrogen-bond donors (Lipinski definition) is 2. The molecule has 0 aliphatic rings. The van der Waals surface area contributed by atoms with Crippen LogP contribution in [0.1, 0.15) is 16.1 Å². The summed E-state index contributed by atoms with van der Waals surface area (Å²) in [5.41, 5.74) is 2.06. The molecule has 164 valence electrons. The largest absolute Gasteiger partial charge is 0.501 e. The van der Waals surface area contributed by atoms with E-state index in [0.717, 1.165) is 16.7 Å². The molecule has 3 heterocycles. The second-order valence-electron chi connectivity index (χ2n) is 7.26. The van der Waals surface area contributed by atoms with E-state index < -0.39 is 22.9 Å². The van der Waals surface area contributed by atoms with Gasteiger partial charge in [0, 0.05) is 39.4 Å². The van der Waals surface area contributed by atoms with Crippen molar-refractivity contribution in [3.8, 4) is 16.9 Å². The molecule has 0 aliphatic heterocycles. The topological polar surface area (TPSA) is 131 Å². The van der Waals surface area contributed by atoms with Crippen molar-refractivity contribution >= 4 is 17.5 Å². The number of anilines is 2. The lowest BCUT2D eigenvalue weighted by molar-refractivity contribution is 0.101. The molecule has 4 aromatic rings. The Bertz CT molecular complexity index is 1320. The van der Waals surface area contributed by atoms with Crippen LogP contribution in [0, 0.1) is 0 Å². The number of rotatable bonds is 6. The third-order valence-corrected chi connectivity index (χ3v) is 4.93. The quantitative estimate of drug-likeness (QED) is 0.468. The smallest absolute Gasteiger partial charge is 0.297 e. The molecule has 0 spiro atoms. The number of aromatic hydroxyl groups is 1. The number of aryl methyl sites for hydroxylation is 1. The molecule has 0 bridgehead atoms. The number of hydrogen-bond acceptors (Lipinski definition) is 8. The van der Waals surface area contributed by atoms with Crippen LogP contribution in [0.25, 0.3) is 11.1 Å². The summed E-state index contributed by atoms with van der Waals surface area (Å²) in [5, 5.41) is 20.5. The Labute approximate surface area is 182 Å². The third kappa shape index (κ3) is 3.95. The first kappa shape index (κ1) is 20.8. The van der Waals surface area contributed by atoms with Gasteiger partial charge in [0.15, 0.2) is 5.69 Å². The molecule has 0 fully saturated rings. The standard InChI is InChI=1S/C21H21N7O4/c1-26(10-13-6-4-5-7-16(13)14-8-22-27(2)11-14)21-25-17(18(29)20(31)28(21)3)19(30)24-15-9-23-32-12-15/h4-9,11-12,29H,10H2,1-3H3,(H,24,30). The van der Waals surface area contributed by atoms with E-state index in [2.05, 4.69) is 25.1 Å². The van der Waals surface area contributed by atoms with E-state index in [1.807, 2.05) is 37.5 Å². The minimum atomic E-state index is -0.756. The van der Waals surface area contributed by atoms with E-state index >= 15 is 0 Å². The Morgan fingerprint density at radius 3 is 2.72 bits per heavy atom. The summed E-state index contributed by atoms with van der Waals surface area (Å²) >= 11 is 0. The molecule has 2 N–H and O–H groups in total. The van der Waals surface area contributed by atoms with Gasteiger partial charge in [0.25, 0.3) is 11.5 Å². The van der Waals surface area contributed by atoms with E-state index in [1.165, 1.54) is 24.1 Å². The number of nitrogens with one attached hydrogen (secondary N) is 1. The first-order valence-electron chi connectivity index (χ1n) is 9.64. The highest BCUT2D eigenvalue weighted by Gasteiger charge is 2.23. The first-order chi connectivity index (χ1) is 15.3. The number of carbonyl (C=O) groups is 1. The van der Waals surface area contributed by atoms with Gasteiger partial charge in [-0.15, -0.1) is 0 Å². The Kier molecular flexibility index (Phi) is 5.46. The van der Waals surface area contributed by atoms with Gasteiger partial charge in [-0.25, -0.2) is 4.98 Å². The zero-order valence-electron chi connectivity index (χ0n) is 17.7. The SMILES string of the molecule is CN(Cc1ccccc1-c1cnn(C)c1)c1nc(C(=O)Nc2cnoc2)c(O)c(=O)n1C. The molecule has 0 saturated carbocycles. The monoisotopic (exact) mass is 435 g/mol. The van der Waals surface area contributed by atoms with Crippen molar-refractivity contribution in [2.24, 2.45) is 14.1 Å². The maximum Gasteiger partial charge on any atom is 0.297 e. The average molecular weight is 435 g/mol. The normalized spacial score (nSPS) is 10.8. The van der Waals surface area contributed by atoms with Gasteiger partial charge in [-0.2, -0.15) is 5.10 Å². The van der Waals surface area contributed by atoms with Crippen LogP contribution in [0.15, 0.2) is 58.4 Å². The van der Waals surface area contributed by atoms with Crippen molar-refractivity contribution in [1.82, 2.24) is 24.5 Å². The minimum absolute atomic E-state index is 0.212. The lowest BCUT2D eigenvalue weighted by atomic mass is 10.0. The summed E-state index contributed by atoms with van der Waals surface area (Å²) in [5.74, 6) is -1.28. The van der Waals surface area contributed by atoms with Gasteiger partial charge in [-0.05, 0) is 11.1 Å². The van der Waals surface area contributed by atoms with Crippen molar-refractivity contribution in [2.75, 3.05) is 17.3 Å². The van der Waals surface area contributed by atoms with Crippen LogP contribution >= 0.6 is 0 Å². The Balaban J connectivity index is 1.68. The molecule has 0 unspecified atom stereocenters. The summed E-state index contributed by atoms with van der Waals surface area (Å²) in [7, 11) is 5.08. The molecular formula is C21H21N7O4. The molecule has 1 aromatic carbocycles. The van der Waals surface area contributed by atoms with Crippen LogP contribution in [0.3, 0.4) is 0 Å². The maximum atomic E-state index is 12.6. The summed E-state index contributed by atoms with van der Waals surface area (Å²) < 4.78 is 7.59. The molecule has 11 heteroatoms. The van der Waals surface area contributed by atoms with Gasteiger partial charge in [0.2, 0.25) is 11.7 Å². The predicted octanol–water partition coefficient (Wildman–Crippen LogP) is 1.76. The van der Waals surface area contributed by atoms with E-state index in [4.69, 9.17) is 0 Å². The van der Waals surface area contributed by atoms with Crippen LogP contribution in [0.2, 0.25) is 0 Å². The van der Waals surface area contributed by atoms with Gasteiger partial charge in [0.1, 0.15) is 12.0 Å². The van der Waals surface area contributed by atoms with E-state index in [9.17, 15) is 14.7 Å². The summed E-state index contributed by atoms with van der Waals surface area (Å²) in [6, 6.07) is 7.82. The van der Waals surface area contributed by atoms with Crippen LogP contribution in [0.4, 0.5) is 11.6 Å². The highest BCUT2D eigenvalue weighted by molar-refractivity contribution is 6.04. The fourth-order valence-corrected chi connectivity index (χ4v) is 3.36. The molecule has 0 saturated heterocycles. The highest BCUT2D eigenvalue weighted by Crippen LogP contribution is 2.25. The fourth-order valence-electron chi connectivity index (χ4n) is 3.36. The molecule has 1 amide bonds. The van der Waals surface area contributed by atoms with E-state index in [1.54, 1.807) is 22.8 Å². The molecule has 4 rings (SSSR count). The first-order valence-corrected chi connectivity index (χ1v) is 9.64. The molecule has 0 aliphatic carbocycles. The van der Waals surface area contributed by atoms with Crippen molar-refractivity contribution in [1.29, 1.82) is 0 Å². The number of aromatic nitrogens is 5. The number of benzene rings is 1. The molecule has 0 atom stereocenters. The molecule has 3 aromatic heterocycles. The number of amides is 1. The Hall–Kier alpha value is -4.41. The summed E-state index contributed by atoms with van der Waals surface area (Å²) in [6.45, 7) is 0.392. The van der Waals surface area contributed by atoms with Crippen molar-refractivity contribution < 1.29 is 14.4 Å². The summed E-state index contributed by atoms with van der Waals surface area (Å²) in [4.78, 5) is 31.2. The van der Waals surface area contributed by atoms with Gasteiger partial charge >= 0.3 is 0 Å². The Morgan fingerprint density at radius 1 is 1.25 bits per heavy atom. The lowest BCUT2D eigenvalue weighted by Gasteiger charge is -2.22. The maximum absolute atomic E-state index is 12.6. The molecule has 32 heavy (non-hydrogen) atoms. The summed E-state index contributed by atoms with van der Waals surface area (Å²) in [6.07, 6.45) is 6.21. The van der Waals surface area contributed by atoms with Gasteiger partial charge < -0.3 is 19.8 Å². The Morgan fingerprint density at radius 2 is 2.03 bits per heavy atom. The molecule has 11 nitrogen and oxygen atoms in total. The fraction of sp³-hybridized carbons (Fsp3) is 0.190. The van der Waals surface area contributed by atoms with Crippen LogP contribution in [-0.4, -0.2) is 42.5 Å². The van der Waals surface area contributed by atoms with Crippen LogP contribution in [0.5, 0.6) is 5.75 Å². The van der Waals surface area contributed by atoms with Gasteiger partial charge in [-0.3, -0.25) is 18.8 Å². The van der Waals surface area contributed by atoms with Crippen LogP contribution < -0.4 is 15.8 Å². The van der Waals surface area contributed by atoms with Crippen molar-refractivity contribution in [2.45, 2.75) is 6.54 Å². The lowest BCUT2D eigenvalue weighted by Crippen LogP contribution is -2.31. The molecular weight excluding hydrogens is 414 g/mol. The van der Waals surface area contributed by atoms with Crippen molar-refractivity contribution in [3.05, 3.63) is 70.7 Å². The minimum Gasteiger partial charge on any atom is -0.501 e. The van der Waals surface area contributed by atoms with E-state index in [0.29, 0.717) is 6.54 Å². The second kappa shape index (κ2) is 8.38. The van der Waals surface area contributed by atoms with Crippen LogP contribution in [-0.2, 0) is 20.6 Å². The van der Waals surface area contributed by atoms with Crippen molar-refractivity contribution in [3.63, 3.8) is 0 Å². The zero-order valence-corrected chi connectivity index (χ0v) is 17.7. The van der Waals surface area contributed by atoms with Gasteiger partial charge in [0.05, 0.1) is 12.4 Å².